The van der Waals surface area contributed by atoms with Gasteiger partial charge in [0.15, 0.2) is 0 Å². The Hall–Kier alpha value is -1.59. The Balaban J connectivity index is 0.00000161. The fourth-order valence-electron chi connectivity index (χ4n) is 2.80. The van der Waals surface area contributed by atoms with Crippen LogP contribution < -0.4 is 10.6 Å². The number of benzene rings is 1. The number of rotatable bonds is 3. The highest BCUT2D eigenvalue weighted by molar-refractivity contribution is 5.95. The van der Waals surface area contributed by atoms with Gasteiger partial charge in [-0.05, 0) is 42.6 Å². The second-order valence-corrected chi connectivity index (χ2v) is 5.38. The van der Waals surface area contributed by atoms with E-state index in [0.717, 1.165) is 31.6 Å². The third kappa shape index (κ3) is 3.74. The molecule has 0 unspecified atom stereocenters. The van der Waals surface area contributed by atoms with Crippen LogP contribution in [0, 0.1) is 0 Å². The maximum Gasteiger partial charge on any atom is 0.243 e. The maximum atomic E-state index is 12.0. The second kappa shape index (κ2) is 6.91. The van der Waals surface area contributed by atoms with Crippen LogP contribution in [-0.2, 0) is 22.6 Å². The number of nitrogens with one attached hydrogen (secondary N) is 2. The topological polar surface area (TPSA) is 61.4 Å². The Morgan fingerprint density at radius 1 is 1.29 bits per heavy atom. The summed E-state index contributed by atoms with van der Waals surface area (Å²) in [5.41, 5.74) is 3.40. The molecular weight excluding hydrogens is 290 g/mol. The van der Waals surface area contributed by atoms with Crippen molar-refractivity contribution in [3.8, 4) is 0 Å². The number of fused-ring (bicyclic) bond motifs is 1. The molecule has 2 heterocycles. The Labute approximate surface area is 130 Å². The number of halogens is 1. The van der Waals surface area contributed by atoms with E-state index in [1.807, 2.05) is 12.1 Å². The number of amides is 2. The molecule has 1 aromatic carbocycles. The monoisotopic (exact) mass is 309 g/mol. The first kappa shape index (κ1) is 15.8. The second-order valence-electron chi connectivity index (χ2n) is 5.38. The molecule has 2 amide bonds. The van der Waals surface area contributed by atoms with Crippen molar-refractivity contribution in [2.24, 2.45) is 0 Å². The van der Waals surface area contributed by atoms with E-state index in [1.165, 1.54) is 11.1 Å². The SMILES string of the molecule is Cl.O=C(CN1CCCC1=O)Nc1ccc2c(c1)CNCC2. The highest BCUT2D eigenvalue weighted by Gasteiger charge is 2.22. The number of carbonyl (C=O) groups excluding carboxylic acids is 2. The van der Waals surface area contributed by atoms with E-state index < -0.39 is 0 Å². The third-order valence-corrected chi connectivity index (χ3v) is 3.88. The molecule has 2 N–H and O–H groups in total. The lowest BCUT2D eigenvalue weighted by Gasteiger charge is -2.19. The van der Waals surface area contributed by atoms with Gasteiger partial charge in [0.2, 0.25) is 11.8 Å². The van der Waals surface area contributed by atoms with Crippen LogP contribution in [-0.4, -0.2) is 36.3 Å². The quantitative estimate of drug-likeness (QED) is 0.885. The standard InChI is InChI=1S/C15H19N3O2.ClH/c19-14(10-18-7-1-2-15(18)20)17-13-4-3-11-5-6-16-9-12(11)8-13;/h3-4,8,16H,1-2,5-7,9-10H2,(H,17,19);1H. The molecule has 0 bridgehead atoms. The fourth-order valence-corrected chi connectivity index (χ4v) is 2.80. The Kier molecular flexibility index (Phi) is 5.20. The number of hydrogen-bond donors (Lipinski definition) is 2. The van der Waals surface area contributed by atoms with E-state index in [1.54, 1.807) is 4.90 Å². The molecule has 1 fully saturated rings. The van der Waals surface area contributed by atoms with Crippen LogP contribution in [0.4, 0.5) is 5.69 Å². The first-order valence-electron chi connectivity index (χ1n) is 7.12. The van der Waals surface area contributed by atoms with Gasteiger partial charge < -0.3 is 15.5 Å². The summed E-state index contributed by atoms with van der Waals surface area (Å²) in [7, 11) is 0. The largest absolute Gasteiger partial charge is 0.333 e. The zero-order valence-corrected chi connectivity index (χ0v) is 12.7. The summed E-state index contributed by atoms with van der Waals surface area (Å²) in [5.74, 6) is -0.0428. The van der Waals surface area contributed by atoms with Crippen LogP contribution in [0.5, 0.6) is 0 Å². The van der Waals surface area contributed by atoms with Gasteiger partial charge in [-0.2, -0.15) is 0 Å². The van der Waals surface area contributed by atoms with Crippen LogP contribution in [0.2, 0.25) is 0 Å². The molecule has 2 aliphatic heterocycles. The normalized spacial score (nSPS) is 17.1. The lowest BCUT2D eigenvalue weighted by molar-refractivity contribution is -0.131. The van der Waals surface area contributed by atoms with Crippen molar-refractivity contribution in [1.82, 2.24) is 10.2 Å². The number of anilines is 1. The third-order valence-electron chi connectivity index (χ3n) is 3.88. The van der Waals surface area contributed by atoms with Gasteiger partial charge in [0.1, 0.15) is 0 Å². The molecule has 1 saturated heterocycles. The van der Waals surface area contributed by atoms with Crippen molar-refractivity contribution in [2.45, 2.75) is 25.8 Å². The lowest BCUT2D eigenvalue weighted by atomic mass is 10.0. The minimum atomic E-state index is -0.121. The molecule has 0 spiro atoms. The van der Waals surface area contributed by atoms with E-state index in [4.69, 9.17) is 0 Å². The molecular formula is C15H20ClN3O2. The van der Waals surface area contributed by atoms with Gasteiger partial charge in [0.25, 0.3) is 0 Å². The number of hydrogen-bond acceptors (Lipinski definition) is 3. The smallest absolute Gasteiger partial charge is 0.243 e. The van der Waals surface area contributed by atoms with E-state index in [9.17, 15) is 9.59 Å². The molecule has 6 heteroatoms. The Morgan fingerprint density at radius 2 is 2.14 bits per heavy atom. The highest BCUT2D eigenvalue weighted by atomic mass is 35.5. The summed E-state index contributed by atoms with van der Waals surface area (Å²) in [6.07, 6.45) is 2.46. The van der Waals surface area contributed by atoms with Gasteiger partial charge in [-0.3, -0.25) is 9.59 Å². The van der Waals surface area contributed by atoms with Crippen molar-refractivity contribution in [2.75, 3.05) is 25.0 Å². The summed E-state index contributed by atoms with van der Waals surface area (Å²) >= 11 is 0. The predicted octanol–water partition coefficient (Wildman–Crippen LogP) is 1.31. The number of nitrogens with zero attached hydrogens (tertiary/aromatic N) is 1. The van der Waals surface area contributed by atoms with Crippen molar-refractivity contribution < 1.29 is 9.59 Å². The van der Waals surface area contributed by atoms with Crippen molar-refractivity contribution in [3.63, 3.8) is 0 Å². The molecule has 114 valence electrons. The van der Waals surface area contributed by atoms with Crippen LogP contribution in [0.1, 0.15) is 24.0 Å². The van der Waals surface area contributed by atoms with Crippen LogP contribution in [0.15, 0.2) is 18.2 Å². The van der Waals surface area contributed by atoms with Crippen LogP contribution in [0.3, 0.4) is 0 Å². The number of carbonyl (C=O) groups is 2. The summed E-state index contributed by atoms with van der Waals surface area (Å²) in [4.78, 5) is 25.1. The average Bonchev–Trinajstić information content (AvgIpc) is 2.84. The van der Waals surface area contributed by atoms with Gasteiger partial charge in [-0.1, -0.05) is 6.07 Å². The molecule has 21 heavy (non-hydrogen) atoms. The molecule has 5 nitrogen and oxygen atoms in total. The van der Waals surface area contributed by atoms with Gasteiger partial charge in [-0.25, -0.2) is 0 Å². The van der Waals surface area contributed by atoms with Gasteiger partial charge >= 0.3 is 0 Å². The fraction of sp³-hybridized carbons (Fsp3) is 0.467. The molecule has 2 aliphatic rings. The Bertz CT molecular complexity index is 548. The first-order valence-corrected chi connectivity index (χ1v) is 7.12. The number of likely N-dealkylation sites (tertiary alicyclic amines) is 1. The summed E-state index contributed by atoms with van der Waals surface area (Å²) < 4.78 is 0. The lowest BCUT2D eigenvalue weighted by Crippen LogP contribution is -2.34. The first-order chi connectivity index (χ1) is 9.72. The van der Waals surface area contributed by atoms with Crippen LogP contribution in [0.25, 0.3) is 0 Å². The van der Waals surface area contributed by atoms with E-state index >= 15 is 0 Å². The molecule has 0 radical (unpaired) electrons. The molecule has 0 aromatic heterocycles. The Morgan fingerprint density at radius 3 is 2.90 bits per heavy atom. The predicted molar refractivity (Wildman–Crippen MR) is 83.5 cm³/mol. The van der Waals surface area contributed by atoms with Crippen LogP contribution >= 0.6 is 12.4 Å². The highest BCUT2D eigenvalue weighted by Crippen LogP contribution is 2.19. The van der Waals surface area contributed by atoms with Gasteiger partial charge in [0.05, 0.1) is 6.54 Å². The van der Waals surface area contributed by atoms with Crippen molar-refractivity contribution in [1.29, 1.82) is 0 Å². The average molecular weight is 310 g/mol. The minimum Gasteiger partial charge on any atom is -0.333 e. The molecule has 0 atom stereocenters. The van der Waals surface area contributed by atoms with Crippen molar-refractivity contribution >= 4 is 29.9 Å². The molecule has 0 saturated carbocycles. The summed E-state index contributed by atoms with van der Waals surface area (Å²) in [6.45, 7) is 2.72. The van der Waals surface area contributed by atoms with E-state index in [2.05, 4.69) is 16.7 Å². The van der Waals surface area contributed by atoms with E-state index in [0.29, 0.717) is 13.0 Å². The molecule has 0 aliphatic carbocycles. The van der Waals surface area contributed by atoms with Gasteiger partial charge in [-0.15, -0.1) is 12.4 Å². The molecule has 1 aromatic rings. The molecule has 3 rings (SSSR count). The minimum absolute atomic E-state index is 0. The van der Waals surface area contributed by atoms with Gasteiger partial charge in [0, 0.05) is 25.2 Å². The zero-order chi connectivity index (χ0) is 13.9. The summed E-state index contributed by atoms with van der Waals surface area (Å²) in [5, 5.41) is 6.20. The zero-order valence-electron chi connectivity index (χ0n) is 11.9. The maximum absolute atomic E-state index is 12.0. The summed E-state index contributed by atoms with van der Waals surface area (Å²) in [6, 6.07) is 6.03. The van der Waals surface area contributed by atoms with E-state index in [-0.39, 0.29) is 30.8 Å². The van der Waals surface area contributed by atoms with Crippen molar-refractivity contribution in [3.05, 3.63) is 29.3 Å².